The van der Waals surface area contributed by atoms with Crippen LogP contribution in [0.3, 0.4) is 0 Å². The van der Waals surface area contributed by atoms with Gasteiger partial charge in [-0.15, -0.1) is 0 Å². The second-order valence-electron chi connectivity index (χ2n) is 9.97. The van der Waals surface area contributed by atoms with Gasteiger partial charge in [0.2, 0.25) is 0 Å². The Morgan fingerprint density at radius 2 is 1.58 bits per heavy atom. The fourth-order valence-electron chi connectivity index (χ4n) is 4.97. The molecule has 0 spiro atoms. The number of rotatable bonds is 5. The summed E-state index contributed by atoms with van der Waals surface area (Å²) < 4.78 is 17.2. The van der Waals surface area contributed by atoms with Gasteiger partial charge < -0.3 is 24.4 Å². The van der Waals surface area contributed by atoms with Gasteiger partial charge in [-0.05, 0) is 50.2 Å². The normalized spacial score (nSPS) is 22.0. The number of aliphatic hydroxyl groups is 2. The predicted molar refractivity (Wildman–Crippen MR) is 143 cm³/mol. The maximum Gasteiger partial charge on any atom is 0.127 e. The van der Waals surface area contributed by atoms with E-state index in [0.717, 1.165) is 27.5 Å². The molecule has 4 unspecified atom stereocenters. The summed E-state index contributed by atoms with van der Waals surface area (Å²) in [6, 6.07) is 14.3. The van der Waals surface area contributed by atoms with Crippen molar-refractivity contribution in [2.45, 2.75) is 71.0 Å². The first-order chi connectivity index (χ1) is 16.7. The first-order valence-corrected chi connectivity index (χ1v) is 12.3. The molecule has 1 saturated heterocycles. The summed E-state index contributed by atoms with van der Waals surface area (Å²) in [6.07, 6.45) is -2.44. The SMILES string of the molecule is CC.[B]C1OC(CO)C(O)C1OCc1cc(OC)c2ccc3cc(C(C)(C)C)cc4ccc1c2c43.[Rf]. The maximum absolute atomic E-state index is 10.4. The predicted octanol–water partition coefficient (Wildman–Crippen LogP) is 5.05. The van der Waals surface area contributed by atoms with Crippen LogP contribution < -0.4 is 4.74 Å². The van der Waals surface area contributed by atoms with Gasteiger partial charge >= 0.3 is 0 Å². The van der Waals surface area contributed by atoms with Crippen LogP contribution in [-0.4, -0.2) is 56.1 Å². The van der Waals surface area contributed by atoms with E-state index in [4.69, 9.17) is 22.1 Å². The molecule has 7 heteroatoms. The van der Waals surface area contributed by atoms with E-state index in [0.29, 0.717) is 0 Å². The molecule has 2 radical (unpaired) electrons. The Morgan fingerprint density at radius 3 is 2.11 bits per heavy atom. The van der Waals surface area contributed by atoms with Gasteiger partial charge in [0.25, 0.3) is 0 Å². The van der Waals surface area contributed by atoms with E-state index in [1.807, 2.05) is 19.9 Å². The van der Waals surface area contributed by atoms with Crippen molar-refractivity contribution in [3.05, 3.63) is 53.6 Å². The van der Waals surface area contributed by atoms with Crippen LogP contribution in [0.15, 0.2) is 42.5 Å². The minimum absolute atomic E-state index is 0. The molecule has 4 atom stereocenters. The van der Waals surface area contributed by atoms with Crippen LogP contribution in [0.4, 0.5) is 0 Å². The summed E-state index contributed by atoms with van der Waals surface area (Å²) in [7, 11) is 7.66. The van der Waals surface area contributed by atoms with Gasteiger partial charge in [-0.1, -0.05) is 65.0 Å². The van der Waals surface area contributed by atoms with Gasteiger partial charge in [-0.3, -0.25) is 0 Å². The van der Waals surface area contributed by atoms with E-state index in [1.165, 1.54) is 21.7 Å². The van der Waals surface area contributed by atoms with Gasteiger partial charge in [0.1, 0.15) is 31.9 Å². The second-order valence-corrected chi connectivity index (χ2v) is 9.97. The standard InChI is InChI=1S/C27H29BO5.C2H6.Rf/c1-27(2,3)17-9-14-5-7-18-16(13-32-25-24(30)21(12-29)33-26(25)28)11-20(31-4)19-8-6-15(10-17)22(14)23(18)19;1-2;/h5-11,21,24-26,29-30H,12-13H2,1-4H3;1-2H3;. The Labute approximate surface area is 208 Å². The maximum atomic E-state index is 10.4. The molecule has 0 bridgehead atoms. The Bertz CT molecular complexity index is 1300. The summed E-state index contributed by atoms with van der Waals surface area (Å²) in [6.45, 7) is 10.6. The van der Waals surface area contributed by atoms with Crippen LogP contribution in [0, 0.1) is 0 Å². The average molecular weight is 741 g/mol. The van der Waals surface area contributed by atoms with E-state index in [1.54, 1.807) is 7.11 Å². The third-order valence-electron chi connectivity index (χ3n) is 6.83. The molecular weight excluding hydrogens is 706 g/mol. The molecule has 2 N–H and O–H groups in total. The van der Waals surface area contributed by atoms with Crippen LogP contribution in [0.5, 0.6) is 5.75 Å². The van der Waals surface area contributed by atoms with Crippen molar-refractivity contribution in [3.63, 3.8) is 0 Å². The molecule has 1 aliphatic heterocycles. The van der Waals surface area contributed by atoms with E-state index in [2.05, 4.69) is 57.2 Å². The van der Waals surface area contributed by atoms with Crippen molar-refractivity contribution in [1.82, 2.24) is 0 Å². The van der Waals surface area contributed by atoms with Crippen molar-refractivity contribution in [3.8, 4) is 5.75 Å². The summed E-state index contributed by atoms with van der Waals surface area (Å²) in [5.74, 6) is 0.774. The fourth-order valence-corrected chi connectivity index (χ4v) is 4.97. The summed E-state index contributed by atoms with van der Waals surface area (Å²) in [5, 5.41) is 26.7. The molecule has 1 heterocycles. The van der Waals surface area contributed by atoms with Crippen LogP contribution in [0.25, 0.3) is 32.3 Å². The van der Waals surface area contributed by atoms with Gasteiger partial charge in [0.05, 0.1) is 20.3 Å². The molecule has 0 aliphatic carbocycles. The molecule has 0 amide bonds. The quantitative estimate of drug-likeness (QED) is 0.222. The molecule has 1 aliphatic rings. The first kappa shape index (κ1) is 27.2. The Hall–Kier alpha value is -3.38. The van der Waals surface area contributed by atoms with E-state index in [-0.39, 0.29) is 18.6 Å². The number of hydrogen-bond acceptors (Lipinski definition) is 5. The smallest absolute Gasteiger partial charge is 0.127 e. The number of ether oxygens (including phenoxy) is 3. The number of methoxy groups -OCH3 is 1. The molecule has 36 heavy (non-hydrogen) atoms. The van der Waals surface area contributed by atoms with Crippen molar-refractivity contribution < 1.29 is 24.4 Å². The van der Waals surface area contributed by atoms with Crippen molar-refractivity contribution in [2.24, 2.45) is 0 Å². The van der Waals surface area contributed by atoms with Crippen LogP contribution in [0.1, 0.15) is 45.7 Å². The minimum atomic E-state index is -0.984. The molecule has 4 aromatic carbocycles. The number of aliphatic hydroxyl groups excluding tert-OH is 2. The molecule has 0 aromatic heterocycles. The third-order valence-corrected chi connectivity index (χ3v) is 6.83. The topological polar surface area (TPSA) is 68.2 Å². The molecule has 5 rings (SSSR count). The zero-order valence-electron chi connectivity index (χ0n) is 22.2. The minimum Gasteiger partial charge on any atom is -0.496 e. The van der Waals surface area contributed by atoms with Crippen molar-refractivity contribution in [2.75, 3.05) is 13.7 Å². The van der Waals surface area contributed by atoms with Gasteiger partial charge in [-0.2, -0.15) is 0 Å². The largest absolute Gasteiger partial charge is 0.496 e. The van der Waals surface area contributed by atoms with Crippen molar-refractivity contribution >= 4 is 40.2 Å². The second kappa shape index (κ2) is 10.3. The van der Waals surface area contributed by atoms with Crippen molar-refractivity contribution in [1.29, 1.82) is 0 Å². The van der Waals surface area contributed by atoms with Crippen LogP contribution >= 0.6 is 0 Å². The Balaban J connectivity index is 0.00000117. The van der Waals surface area contributed by atoms with E-state index in [9.17, 15) is 10.2 Å². The van der Waals surface area contributed by atoms with E-state index >= 15 is 0 Å². The number of benzene rings is 4. The molecule has 4 aromatic rings. The Kier molecular flexibility index (Phi) is 7.80. The summed E-state index contributed by atoms with van der Waals surface area (Å²) in [4.78, 5) is 0. The van der Waals surface area contributed by atoms with E-state index < -0.39 is 24.3 Å². The fraction of sp³-hybridized carbons (Fsp3) is 0.448. The summed E-state index contributed by atoms with van der Waals surface area (Å²) in [5.41, 5.74) is 2.29. The first-order valence-electron chi connectivity index (χ1n) is 12.3. The Morgan fingerprint density at radius 1 is 0.972 bits per heavy atom. The van der Waals surface area contributed by atoms with Gasteiger partial charge in [-0.25, -0.2) is 0 Å². The summed E-state index contributed by atoms with van der Waals surface area (Å²) >= 11 is 0. The molecule has 5 nitrogen and oxygen atoms in total. The zero-order chi connectivity index (χ0) is 25.5. The molecule has 1 fully saturated rings. The average Bonchev–Trinajstić information content (AvgIpc) is 3.13. The van der Waals surface area contributed by atoms with Crippen LogP contribution in [-0.2, 0) is 21.5 Å². The van der Waals surface area contributed by atoms with Crippen LogP contribution in [0.2, 0.25) is 0 Å². The third kappa shape index (κ3) is 4.46. The van der Waals surface area contributed by atoms with Gasteiger partial charge in [0.15, 0.2) is 0 Å². The molecular formula is C29H35BO5Rf. The molecule has 0 saturated carbocycles. The zero-order valence-corrected chi connectivity index (χ0v) is 28.6. The monoisotopic (exact) mass is 741 g/mol. The molecule has 186 valence electrons. The number of hydrogen-bond donors (Lipinski definition) is 2. The van der Waals surface area contributed by atoms with Gasteiger partial charge in [0, 0.05) is 16.8 Å².